The van der Waals surface area contributed by atoms with E-state index in [9.17, 15) is 4.79 Å². The van der Waals surface area contributed by atoms with E-state index in [1.165, 1.54) is 30.6 Å². The van der Waals surface area contributed by atoms with E-state index in [1.54, 1.807) is 18.2 Å². The van der Waals surface area contributed by atoms with E-state index in [0.29, 0.717) is 20.7 Å². The van der Waals surface area contributed by atoms with Crippen molar-refractivity contribution in [1.82, 2.24) is 9.88 Å². The first-order valence-corrected chi connectivity index (χ1v) is 9.18. The molecule has 0 spiro atoms. The molecule has 23 heavy (non-hydrogen) atoms. The Labute approximate surface area is 149 Å². The lowest BCUT2D eigenvalue weighted by atomic mass is 10.1. The number of halogens is 2. The second-order valence-electron chi connectivity index (χ2n) is 5.59. The lowest BCUT2D eigenvalue weighted by Crippen LogP contribution is -2.29. The van der Waals surface area contributed by atoms with E-state index in [-0.39, 0.29) is 5.91 Å². The minimum absolute atomic E-state index is 0.256. The third-order valence-electron chi connectivity index (χ3n) is 3.73. The average Bonchev–Trinajstić information content (AvgIpc) is 2.94. The highest BCUT2D eigenvalue weighted by Gasteiger charge is 2.14. The summed E-state index contributed by atoms with van der Waals surface area (Å²) in [6.45, 7) is 3.09. The monoisotopic (exact) mass is 369 g/mol. The third-order valence-corrected chi connectivity index (χ3v) is 4.97. The molecule has 1 saturated heterocycles. The zero-order valence-corrected chi connectivity index (χ0v) is 14.8. The molecule has 1 aromatic carbocycles. The molecule has 1 amide bonds. The topological polar surface area (TPSA) is 45.2 Å². The van der Waals surface area contributed by atoms with Gasteiger partial charge in [-0.05, 0) is 44.1 Å². The Morgan fingerprint density at radius 2 is 1.87 bits per heavy atom. The fraction of sp³-hybridized carbons (Fsp3) is 0.375. The Morgan fingerprint density at radius 3 is 2.57 bits per heavy atom. The van der Waals surface area contributed by atoms with Crippen LogP contribution in [0.3, 0.4) is 0 Å². The van der Waals surface area contributed by atoms with Crippen LogP contribution in [0.1, 0.15) is 35.3 Å². The zero-order chi connectivity index (χ0) is 16.2. The molecule has 0 unspecified atom stereocenters. The second-order valence-corrected chi connectivity index (χ2v) is 7.32. The van der Waals surface area contributed by atoms with Crippen molar-refractivity contribution in [3.63, 3.8) is 0 Å². The summed E-state index contributed by atoms with van der Waals surface area (Å²) in [6.07, 6.45) is 3.82. The van der Waals surface area contributed by atoms with Gasteiger partial charge in [0.2, 0.25) is 0 Å². The van der Waals surface area contributed by atoms with E-state index >= 15 is 0 Å². The number of nitrogens with one attached hydrogen (secondary N) is 1. The molecule has 7 heteroatoms. The van der Waals surface area contributed by atoms with E-state index in [1.807, 2.05) is 5.38 Å². The number of anilines is 1. The summed E-state index contributed by atoms with van der Waals surface area (Å²) in [7, 11) is 0. The number of rotatable bonds is 4. The van der Waals surface area contributed by atoms with Crippen LogP contribution in [-0.4, -0.2) is 28.9 Å². The van der Waals surface area contributed by atoms with Crippen molar-refractivity contribution in [2.24, 2.45) is 0 Å². The maximum absolute atomic E-state index is 12.2. The van der Waals surface area contributed by atoms with E-state index < -0.39 is 0 Å². The van der Waals surface area contributed by atoms with Crippen molar-refractivity contribution < 1.29 is 4.79 Å². The fourth-order valence-electron chi connectivity index (χ4n) is 2.64. The van der Waals surface area contributed by atoms with Crippen LogP contribution in [0, 0.1) is 0 Å². The number of hydrogen-bond donors (Lipinski definition) is 1. The summed E-state index contributed by atoms with van der Waals surface area (Å²) in [4.78, 5) is 19.1. The standard InChI is InChI=1S/C16H17Cl2N3OS/c17-12-6-11(7-13(18)8-12)15(22)20-16-19-14(10-23-16)9-21-4-2-1-3-5-21/h6-8,10H,1-5,9H2,(H,19,20,22). The van der Waals surface area contributed by atoms with Crippen molar-refractivity contribution >= 4 is 45.6 Å². The minimum atomic E-state index is -0.256. The van der Waals surface area contributed by atoms with Crippen molar-refractivity contribution in [1.29, 1.82) is 0 Å². The highest BCUT2D eigenvalue weighted by atomic mass is 35.5. The molecule has 2 aromatic rings. The Hall–Kier alpha value is -1.14. The Bertz CT molecular complexity index is 678. The van der Waals surface area contributed by atoms with Crippen LogP contribution in [0.25, 0.3) is 0 Å². The molecular weight excluding hydrogens is 353 g/mol. The van der Waals surface area contributed by atoms with Gasteiger partial charge in [-0.15, -0.1) is 11.3 Å². The number of amides is 1. The molecule has 122 valence electrons. The number of benzene rings is 1. The third kappa shape index (κ3) is 4.67. The SMILES string of the molecule is O=C(Nc1nc(CN2CCCCC2)cs1)c1cc(Cl)cc(Cl)c1. The maximum Gasteiger partial charge on any atom is 0.257 e. The van der Waals surface area contributed by atoms with Gasteiger partial charge in [-0.25, -0.2) is 4.98 Å². The molecule has 1 N–H and O–H groups in total. The molecule has 3 rings (SSSR count). The summed E-state index contributed by atoms with van der Waals surface area (Å²) in [5, 5.41) is 6.27. The number of piperidine rings is 1. The van der Waals surface area contributed by atoms with Gasteiger partial charge in [-0.1, -0.05) is 29.6 Å². The van der Waals surface area contributed by atoms with Gasteiger partial charge in [0.25, 0.3) is 5.91 Å². The zero-order valence-electron chi connectivity index (χ0n) is 12.5. The lowest BCUT2D eigenvalue weighted by Gasteiger charge is -2.25. The Balaban J connectivity index is 1.62. The number of thiazole rings is 1. The van der Waals surface area contributed by atoms with Gasteiger partial charge < -0.3 is 0 Å². The van der Waals surface area contributed by atoms with E-state index in [0.717, 1.165) is 25.3 Å². The van der Waals surface area contributed by atoms with Gasteiger partial charge in [0.15, 0.2) is 5.13 Å². The molecular formula is C16H17Cl2N3OS. The summed E-state index contributed by atoms with van der Waals surface area (Å²) in [5.41, 5.74) is 1.42. The number of hydrogen-bond acceptors (Lipinski definition) is 4. The predicted octanol–water partition coefficient (Wildman–Crippen LogP) is 4.69. The summed E-state index contributed by atoms with van der Waals surface area (Å²) < 4.78 is 0. The molecule has 0 aliphatic carbocycles. The van der Waals surface area contributed by atoms with Gasteiger partial charge in [-0.3, -0.25) is 15.0 Å². The molecule has 0 radical (unpaired) electrons. The summed E-state index contributed by atoms with van der Waals surface area (Å²) in [5.74, 6) is -0.256. The lowest BCUT2D eigenvalue weighted by molar-refractivity contribution is 0.102. The predicted molar refractivity (Wildman–Crippen MR) is 95.7 cm³/mol. The molecule has 1 aromatic heterocycles. The summed E-state index contributed by atoms with van der Waals surface area (Å²) >= 11 is 13.3. The van der Waals surface area contributed by atoms with Crippen LogP contribution < -0.4 is 5.32 Å². The van der Waals surface area contributed by atoms with Crippen LogP contribution in [0.2, 0.25) is 10.0 Å². The number of likely N-dealkylation sites (tertiary alicyclic amines) is 1. The number of aromatic nitrogens is 1. The molecule has 0 bridgehead atoms. The molecule has 0 saturated carbocycles. The molecule has 4 nitrogen and oxygen atoms in total. The fourth-order valence-corrected chi connectivity index (χ4v) is 3.86. The highest BCUT2D eigenvalue weighted by Crippen LogP contribution is 2.22. The Morgan fingerprint density at radius 1 is 1.17 bits per heavy atom. The van der Waals surface area contributed by atoms with Crippen LogP contribution in [-0.2, 0) is 6.54 Å². The Kier molecular flexibility index (Phi) is 5.54. The largest absolute Gasteiger partial charge is 0.298 e. The van der Waals surface area contributed by atoms with Crippen molar-refractivity contribution in [3.8, 4) is 0 Å². The molecule has 1 aliphatic rings. The van der Waals surface area contributed by atoms with E-state index in [4.69, 9.17) is 23.2 Å². The minimum Gasteiger partial charge on any atom is -0.298 e. The van der Waals surface area contributed by atoms with Crippen LogP contribution >= 0.6 is 34.5 Å². The number of carbonyl (C=O) groups is 1. The van der Waals surface area contributed by atoms with Crippen LogP contribution in [0.5, 0.6) is 0 Å². The maximum atomic E-state index is 12.2. The summed E-state index contributed by atoms with van der Waals surface area (Å²) in [6, 6.07) is 4.77. The second kappa shape index (κ2) is 7.62. The molecule has 2 heterocycles. The molecule has 1 aliphatic heterocycles. The van der Waals surface area contributed by atoms with Crippen molar-refractivity contribution in [2.75, 3.05) is 18.4 Å². The quantitative estimate of drug-likeness (QED) is 0.849. The van der Waals surface area contributed by atoms with Gasteiger partial charge >= 0.3 is 0 Å². The normalized spacial score (nSPS) is 15.6. The van der Waals surface area contributed by atoms with Gasteiger partial charge in [0.1, 0.15) is 0 Å². The van der Waals surface area contributed by atoms with Gasteiger partial charge in [-0.2, -0.15) is 0 Å². The number of nitrogens with zero attached hydrogens (tertiary/aromatic N) is 2. The molecule has 1 fully saturated rings. The highest BCUT2D eigenvalue weighted by molar-refractivity contribution is 7.14. The van der Waals surface area contributed by atoms with E-state index in [2.05, 4.69) is 15.2 Å². The van der Waals surface area contributed by atoms with Crippen LogP contribution in [0.15, 0.2) is 23.6 Å². The first-order valence-electron chi connectivity index (χ1n) is 7.54. The first kappa shape index (κ1) is 16.7. The van der Waals surface area contributed by atoms with Crippen LogP contribution in [0.4, 0.5) is 5.13 Å². The van der Waals surface area contributed by atoms with Gasteiger partial charge in [0.05, 0.1) is 5.69 Å². The first-order chi connectivity index (χ1) is 11.1. The average molecular weight is 370 g/mol. The molecule has 0 atom stereocenters. The van der Waals surface area contributed by atoms with Crippen molar-refractivity contribution in [2.45, 2.75) is 25.8 Å². The smallest absolute Gasteiger partial charge is 0.257 e. The van der Waals surface area contributed by atoms with Gasteiger partial charge in [0, 0.05) is 27.5 Å². The number of carbonyl (C=O) groups excluding carboxylic acids is 1. The van der Waals surface area contributed by atoms with Crippen molar-refractivity contribution in [3.05, 3.63) is 44.9 Å².